The van der Waals surface area contributed by atoms with Gasteiger partial charge in [0, 0.05) is 19.3 Å². The highest BCUT2D eigenvalue weighted by Crippen LogP contribution is 2.30. The second-order valence-electron chi connectivity index (χ2n) is 6.84. The molecule has 0 unspecified atom stereocenters. The molecule has 0 N–H and O–H groups in total. The Bertz CT molecular complexity index is 1140. The smallest absolute Gasteiger partial charge is 0.233 e. The zero-order valence-electron chi connectivity index (χ0n) is 17.3. The highest BCUT2D eigenvalue weighted by Gasteiger charge is 2.19. The van der Waals surface area contributed by atoms with Crippen LogP contribution in [0.3, 0.4) is 0 Å². The highest BCUT2D eigenvalue weighted by molar-refractivity contribution is 7.99. The number of thiophene rings is 1. The Hall–Kier alpha value is -3.10. The molecule has 0 aliphatic heterocycles. The van der Waals surface area contributed by atoms with E-state index in [4.69, 9.17) is 4.74 Å². The molecule has 4 aromatic rings. The number of aromatic nitrogens is 3. The standard InChI is InChI=1S/C23H22N4O2S2/c1-26(15-17-8-6-11-19(14-17)29-2)21(28)16-31-23-25-24-22(20-12-7-13-30-20)27(23)18-9-4-3-5-10-18/h3-14H,15-16H2,1-2H3. The van der Waals surface area contributed by atoms with E-state index in [-0.39, 0.29) is 11.7 Å². The van der Waals surface area contributed by atoms with Gasteiger partial charge in [-0.05, 0) is 41.3 Å². The third-order valence-electron chi connectivity index (χ3n) is 4.69. The van der Waals surface area contributed by atoms with Crippen LogP contribution in [0.15, 0.2) is 77.3 Å². The molecular weight excluding hydrogens is 428 g/mol. The fraction of sp³-hybridized carbons (Fsp3) is 0.174. The van der Waals surface area contributed by atoms with Crippen molar-refractivity contribution in [3.05, 3.63) is 77.7 Å². The SMILES string of the molecule is COc1cccc(CN(C)C(=O)CSc2nnc(-c3cccs3)n2-c2ccccc2)c1. The average molecular weight is 451 g/mol. The van der Waals surface area contributed by atoms with E-state index in [0.29, 0.717) is 11.7 Å². The van der Waals surface area contributed by atoms with Crippen molar-refractivity contribution >= 4 is 29.0 Å². The van der Waals surface area contributed by atoms with Gasteiger partial charge in [-0.15, -0.1) is 21.5 Å². The first-order chi connectivity index (χ1) is 15.2. The lowest BCUT2D eigenvalue weighted by Crippen LogP contribution is -2.27. The molecule has 0 spiro atoms. The van der Waals surface area contributed by atoms with Gasteiger partial charge in [0.15, 0.2) is 11.0 Å². The molecule has 158 valence electrons. The van der Waals surface area contributed by atoms with Gasteiger partial charge in [0.1, 0.15) is 5.75 Å². The average Bonchev–Trinajstić information content (AvgIpc) is 3.48. The summed E-state index contributed by atoms with van der Waals surface area (Å²) in [6.45, 7) is 0.516. The molecule has 0 aliphatic carbocycles. The van der Waals surface area contributed by atoms with Gasteiger partial charge in [0.25, 0.3) is 0 Å². The summed E-state index contributed by atoms with van der Waals surface area (Å²) in [5.74, 6) is 1.86. The molecule has 2 aromatic heterocycles. The van der Waals surface area contributed by atoms with Gasteiger partial charge < -0.3 is 9.64 Å². The maximum Gasteiger partial charge on any atom is 0.233 e. The Kier molecular flexibility index (Phi) is 6.69. The van der Waals surface area contributed by atoms with Crippen LogP contribution in [0, 0.1) is 0 Å². The highest BCUT2D eigenvalue weighted by atomic mass is 32.2. The van der Waals surface area contributed by atoms with Crippen molar-refractivity contribution < 1.29 is 9.53 Å². The Morgan fingerprint density at radius 3 is 2.68 bits per heavy atom. The lowest BCUT2D eigenvalue weighted by Gasteiger charge is -2.17. The zero-order valence-corrected chi connectivity index (χ0v) is 18.9. The minimum Gasteiger partial charge on any atom is -0.497 e. The summed E-state index contributed by atoms with van der Waals surface area (Å²) in [6.07, 6.45) is 0. The van der Waals surface area contributed by atoms with E-state index in [1.54, 1.807) is 30.4 Å². The maximum atomic E-state index is 12.8. The van der Waals surface area contributed by atoms with Crippen LogP contribution in [0.25, 0.3) is 16.4 Å². The number of benzene rings is 2. The van der Waals surface area contributed by atoms with Crippen LogP contribution in [0.2, 0.25) is 0 Å². The summed E-state index contributed by atoms with van der Waals surface area (Å²) in [5.41, 5.74) is 1.99. The van der Waals surface area contributed by atoms with E-state index in [9.17, 15) is 4.79 Å². The topological polar surface area (TPSA) is 60.2 Å². The van der Waals surface area contributed by atoms with Crippen molar-refractivity contribution in [2.24, 2.45) is 0 Å². The first kappa shape index (κ1) is 21.1. The zero-order chi connectivity index (χ0) is 21.6. The fourth-order valence-corrected chi connectivity index (χ4v) is 4.70. The summed E-state index contributed by atoms with van der Waals surface area (Å²) in [7, 11) is 3.44. The van der Waals surface area contributed by atoms with Gasteiger partial charge in [-0.1, -0.05) is 48.2 Å². The molecule has 1 amide bonds. The number of rotatable bonds is 8. The Labute approximate surface area is 189 Å². The van der Waals surface area contributed by atoms with Crippen LogP contribution < -0.4 is 4.74 Å². The molecule has 4 rings (SSSR count). The number of thioether (sulfide) groups is 1. The van der Waals surface area contributed by atoms with Crippen molar-refractivity contribution in [3.63, 3.8) is 0 Å². The summed E-state index contributed by atoms with van der Waals surface area (Å²) < 4.78 is 7.27. The van der Waals surface area contributed by atoms with Gasteiger partial charge in [-0.2, -0.15) is 0 Å². The third kappa shape index (κ3) is 4.98. The maximum absolute atomic E-state index is 12.8. The summed E-state index contributed by atoms with van der Waals surface area (Å²) in [4.78, 5) is 15.5. The van der Waals surface area contributed by atoms with Crippen molar-refractivity contribution in [2.45, 2.75) is 11.7 Å². The molecule has 31 heavy (non-hydrogen) atoms. The molecule has 2 aromatic carbocycles. The second kappa shape index (κ2) is 9.80. The van der Waals surface area contributed by atoms with Crippen LogP contribution >= 0.6 is 23.1 Å². The van der Waals surface area contributed by atoms with E-state index in [1.807, 2.05) is 76.7 Å². The van der Waals surface area contributed by atoms with Crippen molar-refractivity contribution in [3.8, 4) is 22.1 Å². The first-order valence-electron chi connectivity index (χ1n) is 9.70. The lowest BCUT2D eigenvalue weighted by molar-refractivity contribution is -0.127. The third-order valence-corrected chi connectivity index (χ3v) is 6.47. The van der Waals surface area contributed by atoms with E-state index in [1.165, 1.54) is 11.8 Å². The van der Waals surface area contributed by atoms with Gasteiger partial charge >= 0.3 is 0 Å². The van der Waals surface area contributed by atoms with Crippen molar-refractivity contribution in [1.29, 1.82) is 0 Å². The van der Waals surface area contributed by atoms with Gasteiger partial charge in [-0.25, -0.2) is 0 Å². The number of amides is 1. The Balaban J connectivity index is 1.50. The van der Waals surface area contributed by atoms with E-state index in [0.717, 1.165) is 27.7 Å². The van der Waals surface area contributed by atoms with E-state index in [2.05, 4.69) is 10.2 Å². The molecule has 0 fully saturated rings. The number of methoxy groups -OCH3 is 1. The number of hydrogen-bond acceptors (Lipinski definition) is 6. The van der Waals surface area contributed by atoms with E-state index < -0.39 is 0 Å². The predicted molar refractivity (Wildman–Crippen MR) is 125 cm³/mol. The van der Waals surface area contributed by atoms with Crippen LogP contribution in [-0.4, -0.2) is 45.5 Å². The van der Waals surface area contributed by atoms with Crippen molar-refractivity contribution in [2.75, 3.05) is 19.9 Å². The molecule has 2 heterocycles. The van der Waals surface area contributed by atoms with Crippen LogP contribution in [0.5, 0.6) is 5.75 Å². The summed E-state index contributed by atoms with van der Waals surface area (Å²) in [6, 6.07) is 21.7. The van der Waals surface area contributed by atoms with Crippen LogP contribution in [-0.2, 0) is 11.3 Å². The molecule has 0 saturated carbocycles. The number of carbonyl (C=O) groups excluding carboxylic acids is 1. The second-order valence-corrected chi connectivity index (χ2v) is 8.73. The molecule has 8 heteroatoms. The van der Waals surface area contributed by atoms with Gasteiger partial charge in [0.2, 0.25) is 5.91 Å². The minimum atomic E-state index is 0.0214. The summed E-state index contributed by atoms with van der Waals surface area (Å²) in [5, 5.41) is 11.5. The molecule has 0 radical (unpaired) electrons. The molecule has 0 atom stereocenters. The normalized spacial score (nSPS) is 10.8. The molecular formula is C23H22N4O2S2. The molecule has 6 nitrogen and oxygen atoms in total. The Morgan fingerprint density at radius 2 is 1.94 bits per heavy atom. The fourth-order valence-electron chi connectivity index (χ4n) is 3.11. The number of hydrogen-bond donors (Lipinski definition) is 0. The number of carbonyl (C=O) groups is 1. The first-order valence-corrected chi connectivity index (χ1v) is 11.6. The Morgan fingerprint density at radius 1 is 1.10 bits per heavy atom. The number of ether oxygens (including phenoxy) is 1. The van der Waals surface area contributed by atoms with Crippen molar-refractivity contribution in [1.82, 2.24) is 19.7 Å². The predicted octanol–water partition coefficient (Wildman–Crippen LogP) is 4.76. The quantitative estimate of drug-likeness (QED) is 0.363. The largest absolute Gasteiger partial charge is 0.497 e. The molecule has 0 saturated heterocycles. The number of para-hydroxylation sites is 1. The summed E-state index contributed by atoms with van der Waals surface area (Å²) >= 11 is 3.01. The monoisotopic (exact) mass is 450 g/mol. The lowest BCUT2D eigenvalue weighted by atomic mass is 10.2. The minimum absolute atomic E-state index is 0.0214. The number of nitrogens with zero attached hydrogens (tertiary/aromatic N) is 4. The molecule has 0 aliphatic rings. The van der Waals surface area contributed by atoms with Gasteiger partial charge in [0.05, 0.1) is 17.7 Å². The van der Waals surface area contributed by atoms with Gasteiger partial charge in [-0.3, -0.25) is 9.36 Å². The van der Waals surface area contributed by atoms with Crippen LogP contribution in [0.1, 0.15) is 5.56 Å². The van der Waals surface area contributed by atoms with Crippen LogP contribution in [0.4, 0.5) is 0 Å². The molecule has 0 bridgehead atoms. The van der Waals surface area contributed by atoms with E-state index >= 15 is 0 Å².